The fraction of sp³-hybridized carbons (Fsp3) is 0.200. The summed E-state index contributed by atoms with van der Waals surface area (Å²) in [4.78, 5) is 0. The first kappa shape index (κ1) is 18.4. The Morgan fingerprint density at radius 2 is 1.42 bits per heavy atom. The van der Waals surface area contributed by atoms with Crippen molar-refractivity contribution in [2.75, 3.05) is 0 Å². The average molecular weight is 402 g/mol. The summed E-state index contributed by atoms with van der Waals surface area (Å²) < 4.78 is 2.55. The molecule has 0 unspecified atom stereocenters. The summed E-state index contributed by atoms with van der Waals surface area (Å²) >= 11 is 0. The molecule has 0 amide bonds. The fourth-order valence-electron chi connectivity index (χ4n) is 5.84. The van der Waals surface area contributed by atoms with Crippen molar-refractivity contribution in [3.8, 4) is 11.1 Å². The van der Waals surface area contributed by atoms with E-state index in [0.717, 1.165) is 6.54 Å². The Morgan fingerprint density at radius 1 is 0.710 bits per heavy atom. The van der Waals surface area contributed by atoms with E-state index in [0.29, 0.717) is 0 Å². The highest BCUT2D eigenvalue weighted by Crippen LogP contribution is 2.52. The molecule has 0 spiro atoms. The zero-order chi connectivity index (χ0) is 21.3. The van der Waals surface area contributed by atoms with Gasteiger partial charge in [0, 0.05) is 33.8 Å². The summed E-state index contributed by atoms with van der Waals surface area (Å²) in [5.41, 5.74) is 12.4. The zero-order valence-electron chi connectivity index (χ0n) is 18.7. The van der Waals surface area contributed by atoms with Crippen LogP contribution in [0.4, 0.5) is 0 Å². The van der Waals surface area contributed by atoms with Gasteiger partial charge >= 0.3 is 0 Å². The largest absolute Gasteiger partial charge is 0.335 e. The Hall–Kier alpha value is -3.32. The molecular formula is C30H27N. The van der Waals surface area contributed by atoms with Crippen molar-refractivity contribution in [3.63, 3.8) is 0 Å². The van der Waals surface area contributed by atoms with Crippen LogP contribution < -0.4 is 0 Å². The van der Waals surface area contributed by atoms with Gasteiger partial charge in [0.05, 0.1) is 5.52 Å². The van der Waals surface area contributed by atoms with E-state index in [1.807, 2.05) is 0 Å². The molecule has 0 bridgehead atoms. The van der Waals surface area contributed by atoms with Gasteiger partial charge in [-0.05, 0) is 42.2 Å². The van der Waals surface area contributed by atoms with Gasteiger partial charge in [0.15, 0.2) is 0 Å². The Labute approximate surface area is 184 Å². The van der Waals surface area contributed by atoms with Gasteiger partial charge in [-0.15, -0.1) is 0 Å². The molecule has 4 aromatic carbocycles. The first-order valence-corrected chi connectivity index (χ1v) is 11.2. The molecule has 1 aliphatic rings. The van der Waals surface area contributed by atoms with Crippen LogP contribution in [0.1, 0.15) is 41.7 Å². The number of nitrogens with zero attached hydrogens (tertiary/aromatic N) is 1. The van der Waals surface area contributed by atoms with Crippen LogP contribution in [0, 0.1) is 13.8 Å². The van der Waals surface area contributed by atoms with Crippen molar-refractivity contribution in [1.82, 2.24) is 4.57 Å². The summed E-state index contributed by atoms with van der Waals surface area (Å²) in [6.45, 7) is 9.99. The number of aromatic nitrogens is 1. The quantitative estimate of drug-likeness (QED) is 0.285. The van der Waals surface area contributed by atoms with Crippen molar-refractivity contribution >= 4 is 21.8 Å². The van der Waals surface area contributed by atoms with Crippen LogP contribution in [0.3, 0.4) is 0 Å². The smallest absolute Gasteiger partial charge is 0.0577 e. The third kappa shape index (κ3) is 2.56. The van der Waals surface area contributed by atoms with E-state index in [-0.39, 0.29) is 5.41 Å². The maximum Gasteiger partial charge on any atom is 0.0577 e. The molecule has 0 radical (unpaired) electrons. The van der Waals surface area contributed by atoms with Gasteiger partial charge in [0.1, 0.15) is 0 Å². The number of benzene rings is 4. The number of aryl methyl sites for hydroxylation is 2. The summed E-state index contributed by atoms with van der Waals surface area (Å²) in [6, 6.07) is 29.5. The standard InChI is InChI=1S/C30H27N/c1-19-15-20(2)17-21(16-19)18-31-27-12-8-6-9-22(27)23-13-14-26-28(29(23)31)24-10-5-7-11-25(24)30(26,3)4/h5-17H,18H2,1-4H3. The highest BCUT2D eigenvalue weighted by Gasteiger charge is 2.37. The first-order valence-electron chi connectivity index (χ1n) is 11.2. The lowest BCUT2D eigenvalue weighted by Crippen LogP contribution is -2.14. The van der Waals surface area contributed by atoms with Gasteiger partial charge in [-0.3, -0.25) is 0 Å². The highest BCUT2D eigenvalue weighted by molar-refractivity contribution is 6.14. The summed E-state index contributed by atoms with van der Waals surface area (Å²) in [7, 11) is 0. The number of hydrogen-bond donors (Lipinski definition) is 0. The molecule has 1 heteroatoms. The molecule has 1 heterocycles. The predicted octanol–water partition coefficient (Wildman–Crippen LogP) is 7.77. The van der Waals surface area contributed by atoms with E-state index in [4.69, 9.17) is 0 Å². The SMILES string of the molecule is Cc1cc(C)cc(Cn2c3ccccc3c3ccc4c(c32)-c2ccccc2C4(C)C)c1. The van der Waals surface area contributed by atoms with Crippen LogP contribution in [-0.2, 0) is 12.0 Å². The Kier molecular flexibility index (Phi) is 3.77. The van der Waals surface area contributed by atoms with E-state index in [1.54, 1.807) is 0 Å². The van der Waals surface area contributed by atoms with Crippen LogP contribution in [0.25, 0.3) is 32.9 Å². The predicted molar refractivity (Wildman–Crippen MR) is 132 cm³/mol. The zero-order valence-corrected chi connectivity index (χ0v) is 18.7. The monoisotopic (exact) mass is 401 g/mol. The maximum atomic E-state index is 2.55. The van der Waals surface area contributed by atoms with Crippen LogP contribution in [0.5, 0.6) is 0 Å². The van der Waals surface area contributed by atoms with E-state index in [1.165, 1.54) is 60.8 Å². The summed E-state index contributed by atoms with van der Waals surface area (Å²) in [5, 5.41) is 2.69. The van der Waals surface area contributed by atoms with Crippen LogP contribution in [0.2, 0.25) is 0 Å². The van der Waals surface area contributed by atoms with Gasteiger partial charge in [-0.2, -0.15) is 0 Å². The minimum absolute atomic E-state index is 0.0152. The van der Waals surface area contributed by atoms with E-state index in [9.17, 15) is 0 Å². The number of rotatable bonds is 2. The van der Waals surface area contributed by atoms with E-state index < -0.39 is 0 Å². The van der Waals surface area contributed by atoms with Crippen molar-refractivity contribution in [3.05, 3.63) is 107 Å². The second-order valence-electron chi connectivity index (χ2n) is 9.65. The average Bonchev–Trinajstić information content (AvgIpc) is 3.18. The lowest BCUT2D eigenvalue weighted by atomic mass is 9.82. The third-order valence-corrected chi connectivity index (χ3v) is 7.10. The van der Waals surface area contributed by atoms with Gasteiger partial charge in [-0.1, -0.05) is 97.8 Å². The lowest BCUT2D eigenvalue weighted by molar-refractivity contribution is 0.660. The first-order chi connectivity index (χ1) is 14.9. The number of fused-ring (bicyclic) bond motifs is 7. The molecule has 1 nitrogen and oxygen atoms in total. The summed E-state index contributed by atoms with van der Waals surface area (Å²) in [5.74, 6) is 0. The third-order valence-electron chi connectivity index (χ3n) is 7.10. The molecule has 1 aromatic heterocycles. The molecule has 0 atom stereocenters. The molecule has 31 heavy (non-hydrogen) atoms. The topological polar surface area (TPSA) is 4.93 Å². The minimum atomic E-state index is 0.0152. The highest BCUT2D eigenvalue weighted by atomic mass is 15.0. The number of hydrogen-bond acceptors (Lipinski definition) is 0. The molecular weight excluding hydrogens is 374 g/mol. The molecule has 0 saturated heterocycles. The fourth-order valence-corrected chi connectivity index (χ4v) is 5.84. The molecule has 1 aliphatic carbocycles. The van der Waals surface area contributed by atoms with Crippen molar-refractivity contribution in [2.45, 2.75) is 39.7 Å². The van der Waals surface area contributed by atoms with Crippen molar-refractivity contribution in [1.29, 1.82) is 0 Å². The van der Waals surface area contributed by atoms with Gasteiger partial charge < -0.3 is 4.57 Å². The van der Waals surface area contributed by atoms with Crippen LogP contribution >= 0.6 is 0 Å². The summed E-state index contributed by atoms with van der Waals surface area (Å²) in [6.07, 6.45) is 0. The van der Waals surface area contributed by atoms with Crippen LogP contribution in [-0.4, -0.2) is 4.57 Å². The molecule has 0 N–H and O–H groups in total. The Morgan fingerprint density at radius 3 is 2.23 bits per heavy atom. The number of para-hydroxylation sites is 1. The normalized spacial score (nSPS) is 14.2. The molecule has 0 fully saturated rings. The molecule has 0 saturated carbocycles. The van der Waals surface area contributed by atoms with Gasteiger partial charge in [-0.25, -0.2) is 0 Å². The van der Waals surface area contributed by atoms with Crippen LogP contribution in [0.15, 0.2) is 78.9 Å². The van der Waals surface area contributed by atoms with Gasteiger partial charge in [0.25, 0.3) is 0 Å². The van der Waals surface area contributed by atoms with Gasteiger partial charge in [0.2, 0.25) is 0 Å². The molecule has 0 aliphatic heterocycles. The van der Waals surface area contributed by atoms with Crippen molar-refractivity contribution < 1.29 is 0 Å². The Bertz CT molecular complexity index is 1480. The van der Waals surface area contributed by atoms with E-state index in [2.05, 4.69) is 111 Å². The molecule has 5 aromatic rings. The van der Waals surface area contributed by atoms with E-state index >= 15 is 0 Å². The maximum absolute atomic E-state index is 2.55. The minimum Gasteiger partial charge on any atom is -0.335 e. The lowest BCUT2D eigenvalue weighted by Gasteiger charge is -2.21. The van der Waals surface area contributed by atoms with Crippen molar-refractivity contribution in [2.24, 2.45) is 0 Å². The Balaban J connectivity index is 1.74. The second kappa shape index (κ2) is 6.34. The molecule has 152 valence electrons. The second-order valence-corrected chi connectivity index (χ2v) is 9.65. The molecule has 6 rings (SSSR count).